The number of fused-ring (bicyclic) bond motifs is 1. The summed E-state index contributed by atoms with van der Waals surface area (Å²) in [5, 5.41) is 7.87. The molecule has 2 atom stereocenters. The predicted molar refractivity (Wildman–Crippen MR) is 108 cm³/mol. The summed E-state index contributed by atoms with van der Waals surface area (Å²) in [7, 11) is 0. The van der Waals surface area contributed by atoms with Crippen LogP contribution in [0.4, 0.5) is 0 Å². The minimum Gasteiger partial charge on any atom is -0.454 e. The number of aliphatic imine (C=N–C) groups is 1. The lowest BCUT2D eigenvalue weighted by Crippen LogP contribution is -2.43. The fraction of sp³-hybridized carbons (Fsp3) is 0.650. The normalized spacial score (nSPS) is 26.0. The van der Waals surface area contributed by atoms with Gasteiger partial charge in [-0.25, -0.2) is 0 Å². The number of benzene rings is 1. The maximum atomic E-state index is 5.55. The first-order valence-electron chi connectivity index (χ1n) is 9.70. The number of nitrogens with one attached hydrogen (secondary N) is 2. The third kappa shape index (κ3) is 3.75. The molecule has 1 aromatic rings. The Hall–Kier alpha value is -1.56. The molecule has 0 saturated heterocycles. The van der Waals surface area contributed by atoms with Gasteiger partial charge in [-0.2, -0.15) is 11.8 Å². The average Bonchev–Trinajstić information content (AvgIpc) is 3.08. The molecule has 0 bridgehead atoms. The highest BCUT2D eigenvalue weighted by Gasteiger charge is 2.44. The third-order valence-electron chi connectivity index (χ3n) is 5.78. The highest BCUT2D eigenvalue weighted by molar-refractivity contribution is 7.99. The standard InChI is InChI=1S/C20H29N3O2S/c1-3-21-19(23-15-5-6-16(11-15)26-2)22-12-20(8-9-20)14-4-7-17-18(10-14)25-13-24-17/h4,7,10,15-16H,3,5-6,8-9,11-13H2,1-2H3,(H2,21,22,23). The summed E-state index contributed by atoms with van der Waals surface area (Å²) in [6, 6.07) is 6.90. The topological polar surface area (TPSA) is 54.9 Å². The van der Waals surface area contributed by atoms with Crippen molar-refractivity contribution in [2.45, 2.75) is 55.7 Å². The fourth-order valence-corrected chi connectivity index (χ4v) is 4.74. The lowest BCUT2D eigenvalue weighted by molar-refractivity contribution is 0.174. The Morgan fingerprint density at radius 3 is 2.85 bits per heavy atom. The van der Waals surface area contributed by atoms with Gasteiger partial charge in [-0.1, -0.05) is 6.07 Å². The molecule has 0 radical (unpaired) electrons. The summed E-state index contributed by atoms with van der Waals surface area (Å²) in [5.41, 5.74) is 1.49. The van der Waals surface area contributed by atoms with Gasteiger partial charge in [0.15, 0.2) is 17.5 Å². The van der Waals surface area contributed by atoms with Crippen molar-refractivity contribution in [2.75, 3.05) is 26.1 Å². The SMILES string of the molecule is CCNC(=NCC1(c2ccc3c(c2)OCO3)CC1)NC1CCC(SC)C1. The second kappa shape index (κ2) is 7.59. The van der Waals surface area contributed by atoms with Crippen molar-refractivity contribution in [1.82, 2.24) is 10.6 Å². The molecule has 26 heavy (non-hydrogen) atoms. The van der Waals surface area contributed by atoms with E-state index in [1.54, 1.807) is 0 Å². The molecule has 0 amide bonds. The maximum absolute atomic E-state index is 5.55. The van der Waals surface area contributed by atoms with E-state index in [4.69, 9.17) is 14.5 Å². The Bertz CT molecular complexity index is 675. The molecule has 1 heterocycles. The van der Waals surface area contributed by atoms with Crippen LogP contribution in [0, 0.1) is 0 Å². The number of hydrogen-bond donors (Lipinski definition) is 2. The molecular formula is C20H29N3O2S. The lowest BCUT2D eigenvalue weighted by Gasteiger charge is -2.19. The summed E-state index contributed by atoms with van der Waals surface area (Å²) in [4.78, 5) is 4.95. The van der Waals surface area contributed by atoms with E-state index in [0.717, 1.165) is 35.8 Å². The fourth-order valence-electron chi connectivity index (χ4n) is 3.94. The Morgan fingerprint density at radius 1 is 1.27 bits per heavy atom. The van der Waals surface area contributed by atoms with Crippen molar-refractivity contribution in [3.63, 3.8) is 0 Å². The van der Waals surface area contributed by atoms with Crippen molar-refractivity contribution in [2.24, 2.45) is 4.99 Å². The predicted octanol–water partition coefficient (Wildman–Crippen LogP) is 3.29. The number of guanidine groups is 1. The third-order valence-corrected chi connectivity index (χ3v) is 6.88. The molecule has 6 heteroatoms. The van der Waals surface area contributed by atoms with Crippen LogP contribution in [0.2, 0.25) is 0 Å². The second-order valence-electron chi connectivity index (χ2n) is 7.56. The molecule has 0 aromatic heterocycles. The van der Waals surface area contributed by atoms with Crippen LogP contribution in [0.3, 0.4) is 0 Å². The van der Waals surface area contributed by atoms with Gasteiger partial charge in [0.1, 0.15) is 0 Å². The van der Waals surface area contributed by atoms with E-state index in [1.807, 2.05) is 17.8 Å². The van der Waals surface area contributed by atoms with Crippen molar-refractivity contribution < 1.29 is 9.47 Å². The number of rotatable bonds is 6. The first-order chi connectivity index (χ1) is 12.7. The van der Waals surface area contributed by atoms with Crippen LogP contribution < -0.4 is 20.1 Å². The van der Waals surface area contributed by atoms with E-state index < -0.39 is 0 Å². The quantitative estimate of drug-likeness (QED) is 0.590. The minimum atomic E-state index is 0.167. The minimum absolute atomic E-state index is 0.167. The van der Waals surface area contributed by atoms with E-state index in [0.29, 0.717) is 12.8 Å². The van der Waals surface area contributed by atoms with Crippen LogP contribution in [0.25, 0.3) is 0 Å². The highest BCUT2D eigenvalue weighted by atomic mass is 32.2. The monoisotopic (exact) mass is 375 g/mol. The molecule has 0 spiro atoms. The molecule has 1 aromatic carbocycles. The number of hydrogen-bond acceptors (Lipinski definition) is 4. The molecule has 3 aliphatic rings. The van der Waals surface area contributed by atoms with Gasteiger partial charge < -0.3 is 20.1 Å². The Balaban J connectivity index is 1.42. The first kappa shape index (κ1) is 17.8. The average molecular weight is 376 g/mol. The van der Waals surface area contributed by atoms with Gasteiger partial charge in [0, 0.05) is 23.3 Å². The van der Waals surface area contributed by atoms with Crippen LogP contribution in [0.5, 0.6) is 11.5 Å². The van der Waals surface area contributed by atoms with E-state index in [-0.39, 0.29) is 5.41 Å². The lowest BCUT2D eigenvalue weighted by atomic mass is 9.96. The van der Waals surface area contributed by atoms with Crippen LogP contribution in [-0.4, -0.2) is 43.4 Å². The molecule has 5 nitrogen and oxygen atoms in total. The van der Waals surface area contributed by atoms with Gasteiger partial charge in [-0.15, -0.1) is 0 Å². The van der Waals surface area contributed by atoms with Gasteiger partial charge >= 0.3 is 0 Å². The number of nitrogens with zero attached hydrogens (tertiary/aromatic N) is 1. The van der Waals surface area contributed by atoms with Gasteiger partial charge in [0.25, 0.3) is 0 Å². The largest absolute Gasteiger partial charge is 0.454 e. The molecular weight excluding hydrogens is 346 g/mol. The summed E-state index contributed by atoms with van der Waals surface area (Å²) < 4.78 is 11.0. The smallest absolute Gasteiger partial charge is 0.231 e. The molecule has 4 rings (SSSR count). The van der Waals surface area contributed by atoms with E-state index >= 15 is 0 Å². The Kier molecular flexibility index (Phi) is 5.20. The Morgan fingerprint density at radius 2 is 2.12 bits per heavy atom. The van der Waals surface area contributed by atoms with Gasteiger partial charge in [-0.3, -0.25) is 4.99 Å². The number of thioether (sulfide) groups is 1. The highest BCUT2D eigenvalue weighted by Crippen LogP contribution is 2.50. The zero-order valence-electron chi connectivity index (χ0n) is 15.7. The van der Waals surface area contributed by atoms with Crippen LogP contribution >= 0.6 is 11.8 Å². The molecule has 2 fully saturated rings. The zero-order chi connectivity index (χ0) is 18.0. The summed E-state index contributed by atoms with van der Waals surface area (Å²) >= 11 is 1.99. The maximum Gasteiger partial charge on any atom is 0.231 e. The van der Waals surface area contributed by atoms with E-state index in [1.165, 1.54) is 37.7 Å². The van der Waals surface area contributed by atoms with Gasteiger partial charge in [0.2, 0.25) is 6.79 Å². The molecule has 2 saturated carbocycles. The van der Waals surface area contributed by atoms with Gasteiger partial charge in [-0.05, 0) is 63.0 Å². The van der Waals surface area contributed by atoms with Crippen LogP contribution in [0.15, 0.2) is 23.2 Å². The van der Waals surface area contributed by atoms with Gasteiger partial charge in [0.05, 0.1) is 6.54 Å². The van der Waals surface area contributed by atoms with E-state index in [2.05, 4.69) is 35.9 Å². The summed E-state index contributed by atoms with van der Waals surface area (Å²) in [6.07, 6.45) is 8.37. The van der Waals surface area contributed by atoms with Crippen molar-refractivity contribution in [1.29, 1.82) is 0 Å². The zero-order valence-corrected chi connectivity index (χ0v) is 16.5. The molecule has 2 N–H and O–H groups in total. The van der Waals surface area contributed by atoms with Crippen molar-refractivity contribution in [3.8, 4) is 11.5 Å². The molecule has 2 aliphatic carbocycles. The summed E-state index contributed by atoms with van der Waals surface area (Å²) in [5.74, 6) is 2.69. The van der Waals surface area contributed by atoms with E-state index in [9.17, 15) is 0 Å². The summed E-state index contributed by atoms with van der Waals surface area (Å²) in [6.45, 7) is 4.17. The Labute approximate surface area is 160 Å². The number of ether oxygens (including phenoxy) is 2. The van der Waals surface area contributed by atoms with Crippen molar-refractivity contribution in [3.05, 3.63) is 23.8 Å². The molecule has 2 unspecified atom stereocenters. The molecule has 1 aliphatic heterocycles. The molecule has 142 valence electrons. The van der Waals surface area contributed by atoms with Crippen LogP contribution in [0.1, 0.15) is 44.6 Å². The van der Waals surface area contributed by atoms with Crippen molar-refractivity contribution >= 4 is 17.7 Å². The second-order valence-corrected chi connectivity index (χ2v) is 8.69. The van der Waals surface area contributed by atoms with Crippen LogP contribution in [-0.2, 0) is 5.41 Å². The first-order valence-corrected chi connectivity index (χ1v) is 11.0.